The van der Waals surface area contributed by atoms with Crippen LogP contribution in [-0.4, -0.2) is 37.6 Å². The molecule has 0 aromatic heterocycles. The molecule has 2 amide bonds. The Hall–Kier alpha value is -1.97. The molecule has 2 atom stereocenters. The van der Waals surface area contributed by atoms with E-state index in [4.69, 9.17) is 0 Å². The molecule has 1 aliphatic heterocycles. The molecule has 4 nitrogen and oxygen atoms in total. The average molecular weight is 299 g/mol. The number of nitrogens with one attached hydrogen (secondary N) is 1. The third-order valence-corrected chi connectivity index (χ3v) is 4.92. The molecule has 1 aromatic rings. The summed E-state index contributed by atoms with van der Waals surface area (Å²) < 4.78 is 0. The van der Waals surface area contributed by atoms with E-state index in [1.54, 1.807) is 0 Å². The molecule has 0 radical (unpaired) electrons. The Bertz CT molecular complexity index is 553. The summed E-state index contributed by atoms with van der Waals surface area (Å²) in [4.78, 5) is 16.6. The zero-order valence-corrected chi connectivity index (χ0v) is 13.5. The van der Waals surface area contributed by atoms with E-state index >= 15 is 0 Å². The van der Waals surface area contributed by atoms with E-state index in [1.165, 1.54) is 0 Å². The van der Waals surface area contributed by atoms with E-state index in [2.05, 4.69) is 42.4 Å². The zero-order valence-electron chi connectivity index (χ0n) is 13.5. The third-order valence-electron chi connectivity index (χ3n) is 4.92. The van der Waals surface area contributed by atoms with Crippen molar-refractivity contribution in [2.75, 3.05) is 36.9 Å². The lowest BCUT2D eigenvalue weighted by molar-refractivity contribution is 0.220. The molecule has 22 heavy (non-hydrogen) atoms. The molecule has 4 heteroatoms. The van der Waals surface area contributed by atoms with Crippen LogP contribution in [0.3, 0.4) is 0 Å². The highest BCUT2D eigenvalue weighted by Gasteiger charge is 2.35. The molecule has 1 N–H and O–H groups in total. The van der Waals surface area contributed by atoms with Crippen molar-refractivity contribution < 1.29 is 4.79 Å². The molecule has 0 spiro atoms. The van der Waals surface area contributed by atoms with Crippen LogP contribution >= 0.6 is 0 Å². The van der Waals surface area contributed by atoms with Crippen molar-refractivity contribution in [2.45, 2.75) is 19.8 Å². The van der Waals surface area contributed by atoms with Gasteiger partial charge in [-0.25, -0.2) is 4.79 Å². The second-order valence-electron chi connectivity index (χ2n) is 6.36. The van der Waals surface area contributed by atoms with Crippen LogP contribution in [0.25, 0.3) is 0 Å². The molecule has 0 bridgehead atoms. The number of fused-ring (bicyclic) bond motifs is 1. The lowest BCUT2D eigenvalue weighted by atomic mass is 9.86. The summed E-state index contributed by atoms with van der Waals surface area (Å²) in [6.45, 7) is 4.83. The van der Waals surface area contributed by atoms with E-state index in [1.807, 2.05) is 23.1 Å². The van der Waals surface area contributed by atoms with Crippen LogP contribution in [0.4, 0.5) is 16.2 Å². The fourth-order valence-electron chi connectivity index (χ4n) is 3.39. The van der Waals surface area contributed by atoms with Gasteiger partial charge >= 0.3 is 6.03 Å². The Kier molecular flexibility index (Phi) is 4.36. The Morgan fingerprint density at radius 1 is 1.27 bits per heavy atom. The van der Waals surface area contributed by atoms with E-state index in [9.17, 15) is 4.79 Å². The number of nitrogens with zero attached hydrogens (tertiary/aromatic N) is 2. The fourth-order valence-corrected chi connectivity index (χ4v) is 3.39. The first-order valence-electron chi connectivity index (χ1n) is 8.19. The molecule has 1 aliphatic carbocycles. The maximum atomic E-state index is 12.5. The van der Waals surface area contributed by atoms with Crippen LogP contribution in [0.5, 0.6) is 0 Å². The number of rotatable bonds is 3. The van der Waals surface area contributed by atoms with Gasteiger partial charge < -0.3 is 15.1 Å². The second kappa shape index (κ2) is 6.42. The summed E-state index contributed by atoms with van der Waals surface area (Å²) in [6, 6.07) is 8.08. The summed E-state index contributed by atoms with van der Waals surface area (Å²) in [6.07, 6.45) is 6.75. The van der Waals surface area contributed by atoms with Gasteiger partial charge in [-0.05, 0) is 49.8 Å². The first kappa shape index (κ1) is 14.9. The van der Waals surface area contributed by atoms with E-state index < -0.39 is 0 Å². The van der Waals surface area contributed by atoms with Gasteiger partial charge in [0.05, 0.1) is 0 Å². The van der Waals surface area contributed by atoms with Crippen molar-refractivity contribution >= 4 is 17.4 Å². The monoisotopic (exact) mass is 299 g/mol. The van der Waals surface area contributed by atoms with Gasteiger partial charge in [-0.2, -0.15) is 0 Å². The molecular formula is C18H25N3O. The lowest BCUT2D eigenvalue weighted by Crippen LogP contribution is -2.33. The smallest absolute Gasteiger partial charge is 0.321 e. The van der Waals surface area contributed by atoms with Gasteiger partial charge in [0.15, 0.2) is 0 Å². The SMILES string of the molecule is CCN(C)c1cccc(NC(=O)N2C[C@@H]3CC=CC[C@H]3C2)c1. The molecule has 1 heterocycles. The van der Waals surface area contributed by atoms with Gasteiger partial charge in [0.25, 0.3) is 0 Å². The van der Waals surface area contributed by atoms with Crippen molar-refractivity contribution in [3.8, 4) is 0 Å². The number of urea groups is 1. The predicted octanol–water partition coefficient (Wildman–Crippen LogP) is 3.57. The molecule has 1 fully saturated rings. The molecule has 0 saturated carbocycles. The Balaban J connectivity index is 1.63. The van der Waals surface area contributed by atoms with Crippen LogP contribution in [0, 0.1) is 11.8 Å². The second-order valence-corrected chi connectivity index (χ2v) is 6.36. The minimum atomic E-state index is 0.0331. The number of amides is 2. The predicted molar refractivity (Wildman–Crippen MR) is 91.3 cm³/mol. The lowest BCUT2D eigenvalue weighted by Gasteiger charge is -2.20. The van der Waals surface area contributed by atoms with Crippen molar-refractivity contribution in [1.82, 2.24) is 4.90 Å². The Morgan fingerprint density at radius 2 is 1.95 bits per heavy atom. The highest BCUT2D eigenvalue weighted by Crippen LogP contribution is 2.33. The highest BCUT2D eigenvalue weighted by atomic mass is 16.2. The zero-order chi connectivity index (χ0) is 15.5. The quantitative estimate of drug-likeness (QED) is 0.866. The normalized spacial score (nSPS) is 23.3. The topological polar surface area (TPSA) is 35.6 Å². The molecule has 0 unspecified atom stereocenters. The number of benzene rings is 1. The van der Waals surface area contributed by atoms with Crippen LogP contribution in [0.2, 0.25) is 0 Å². The summed E-state index contributed by atoms with van der Waals surface area (Å²) in [5.41, 5.74) is 2.00. The van der Waals surface area contributed by atoms with Crippen molar-refractivity contribution in [3.05, 3.63) is 36.4 Å². The summed E-state index contributed by atoms with van der Waals surface area (Å²) in [5.74, 6) is 1.29. The van der Waals surface area contributed by atoms with Crippen LogP contribution in [0.1, 0.15) is 19.8 Å². The summed E-state index contributed by atoms with van der Waals surface area (Å²) in [7, 11) is 2.05. The number of hydrogen-bond donors (Lipinski definition) is 1. The van der Waals surface area contributed by atoms with Crippen LogP contribution in [0.15, 0.2) is 36.4 Å². The average Bonchev–Trinajstić information content (AvgIpc) is 2.98. The number of allylic oxidation sites excluding steroid dienone is 2. The number of carbonyl (C=O) groups is 1. The first-order valence-corrected chi connectivity index (χ1v) is 8.19. The molecule has 3 rings (SSSR count). The highest BCUT2D eigenvalue weighted by molar-refractivity contribution is 5.90. The van der Waals surface area contributed by atoms with E-state index in [0.29, 0.717) is 11.8 Å². The molecule has 1 saturated heterocycles. The van der Waals surface area contributed by atoms with Crippen LogP contribution < -0.4 is 10.2 Å². The molecule has 2 aliphatic rings. The number of hydrogen-bond acceptors (Lipinski definition) is 2. The largest absolute Gasteiger partial charge is 0.375 e. The number of anilines is 2. The van der Waals surface area contributed by atoms with Gasteiger partial charge in [-0.15, -0.1) is 0 Å². The maximum Gasteiger partial charge on any atom is 0.321 e. The maximum absolute atomic E-state index is 12.5. The molecule has 118 valence electrons. The fraction of sp³-hybridized carbons (Fsp3) is 0.500. The van der Waals surface area contributed by atoms with Crippen molar-refractivity contribution in [2.24, 2.45) is 11.8 Å². The Labute approximate surface area is 132 Å². The molecule has 1 aromatic carbocycles. The number of carbonyl (C=O) groups excluding carboxylic acids is 1. The summed E-state index contributed by atoms with van der Waals surface area (Å²) >= 11 is 0. The Morgan fingerprint density at radius 3 is 2.59 bits per heavy atom. The standard InChI is InChI=1S/C18H25N3O/c1-3-20(2)17-10-6-9-16(11-17)19-18(22)21-12-14-7-4-5-8-15(14)13-21/h4-6,9-11,14-15H,3,7-8,12-13H2,1-2H3,(H,19,22)/t14-,15-/m0/s1. The van der Waals surface area contributed by atoms with Gasteiger partial charge in [0, 0.05) is 38.1 Å². The molecular weight excluding hydrogens is 274 g/mol. The van der Waals surface area contributed by atoms with E-state index in [0.717, 1.165) is 43.9 Å². The van der Waals surface area contributed by atoms with Gasteiger partial charge in [-0.3, -0.25) is 0 Å². The van der Waals surface area contributed by atoms with Gasteiger partial charge in [0.2, 0.25) is 0 Å². The van der Waals surface area contributed by atoms with Crippen molar-refractivity contribution in [3.63, 3.8) is 0 Å². The third kappa shape index (κ3) is 3.11. The first-order chi connectivity index (χ1) is 10.7. The van der Waals surface area contributed by atoms with Gasteiger partial charge in [0.1, 0.15) is 0 Å². The van der Waals surface area contributed by atoms with Gasteiger partial charge in [-0.1, -0.05) is 18.2 Å². The van der Waals surface area contributed by atoms with E-state index in [-0.39, 0.29) is 6.03 Å². The summed E-state index contributed by atoms with van der Waals surface area (Å²) in [5, 5.41) is 3.05. The van der Waals surface area contributed by atoms with Crippen LogP contribution in [-0.2, 0) is 0 Å². The number of likely N-dealkylation sites (tertiary alicyclic amines) is 1. The minimum Gasteiger partial charge on any atom is -0.375 e. The minimum absolute atomic E-state index is 0.0331. The van der Waals surface area contributed by atoms with Crippen molar-refractivity contribution in [1.29, 1.82) is 0 Å².